The lowest BCUT2D eigenvalue weighted by Crippen LogP contribution is -2.14. The molecule has 4 aromatic rings. The monoisotopic (exact) mass is 357 g/mol. The lowest BCUT2D eigenvalue weighted by Gasteiger charge is -2.06. The van der Waals surface area contributed by atoms with Crippen molar-refractivity contribution in [3.05, 3.63) is 77.4 Å². The van der Waals surface area contributed by atoms with Crippen LogP contribution in [0, 0.1) is 13.8 Å². The number of rotatable bonds is 4. The van der Waals surface area contributed by atoms with Crippen molar-refractivity contribution in [3.8, 4) is 11.5 Å². The van der Waals surface area contributed by atoms with E-state index in [4.69, 9.17) is 4.42 Å². The summed E-state index contributed by atoms with van der Waals surface area (Å²) in [6, 6.07) is 20.0. The molecule has 5 nitrogen and oxygen atoms in total. The molecule has 0 fully saturated rings. The van der Waals surface area contributed by atoms with Crippen LogP contribution in [0.4, 0.5) is 6.01 Å². The zero-order valence-corrected chi connectivity index (χ0v) is 15.2. The summed E-state index contributed by atoms with van der Waals surface area (Å²) in [5, 5.41) is 12.9. The van der Waals surface area contributed by atoms with Gasteiger partial charge in [0.2, 0.25) is 11.8 Å². The Hall–Kier alpha value is -3.47. The van der Waals surface area contributed by atoms with Gasteiger partial charge in [0.1, 0.15) is 0 Å². The summed E-state index contributed by atoms with van der Waals surface area (Å²) in [5.74, 6) is 0.204. The summed E-state index contributed by atoms with van der Waals surface area (Å²) in [7, 11) is 0. The van der Waals surface area contributed by atoms with Crippen molar-refractivity contribution in [2.45, 2.75) is 20.3 Å². The molecule has 1 N–H and O–H groups in total. The van der Waals surface area contributed by atoms with Crippen LogP contribution in [0.3, 0.4) is 0 Å². The van der Waals surface area contributed by atoms with Gasteiger partial charge in [0.25, 0.3) is 0 Å². The van der Waals surface area contributed by atoms with Crippen LogP contribution < -0.4 is 5.32 Å². The fourth-order valence-electron chi connectivity index (χ4n) is 3.22. The number of anilines is 1. The van der Waals surface area contributed by atoms with Crippen LogP contribution in [0.25, 0.3) is 22.2 Å². The van der Waals surface area contributed by atoms with Gasteiger partial charge in [0.15, 0.2) is 0 Å². The zero-order valence-electron chi connectivity index (χ0n) is 15.2. The van der Waals surface area contributed by atoms with E-state index < -0.39 is 0 Å². The molecule has 0 radical (unpaired) electrons. The smallest absolute Gasteiger partial charge is 0.322 e. The number of carbonyl (C=O) groups is 1. The van der Waals surface area contributed by atoms with E-state index >= 15 is 0 Å². The van der Waals surface area contributed by atoms with Gasteiger partial charge in [-0.1, -0.05) is 65.3 Å². The molecule has 0 unspecified atom stereocenters. The number of aromatic nitrogens is 2. The summed E-state index contributed by atoms with van der Waals surface area (Å²) in [4.78, 5) is 12.4. The molecule has 0 aliphatic heterocycles. The van der Waals surface area contributed by atoms with E-state index in [0.717, 1.165) is 27.5 Å². The standard InChI is InChI=1S/C22H19N3O2/c1-14-10-11-18(15(2)12-14)21-24-25-22(27-21)23-20(26)13-17-8-5-7-16-6-3-4-9-19(16)17/h3-12H,13H2,1-2H3,(H,23,25,26). The second kappa shape index (κ2) is 7.03. The summed E-state index contributed by atoms with van der Waals surface area (Å²) >= 11 is 0. The summed E-state index contributed by atoms with van der Waals surface area (Å²) in [6.07, 6.45) is 0.239. The Bertz CT molecular complexity index is 1130. The molecule has 0 spiro atoms. The third-order valence-corrected chi connectivity index (χ3v) is 4.51. The molecule has 3 aromatic carbocycles. The number of aryl methyl sites for hydroxylation is 2. The van der Waals surface area contributed by atoms with Gasteiger partial charge in [-0.3, -0.25) is 10.1 Å². The average Bonchev–Trinajstić information content (AvgIpc) is 3.10. The molecule has 4 rings (SSSR count). The average molecular weight is 357 g/mol. The largest absolute Gasteiger partial charge is 0.403 e. The Labute approximate surface area is 157 Å². The van der Waals surface area contributed by atoms with Gasteiger partial charge in [-0.2, -0.15) is 0 Å². The molecule has 1 amide bonds. The van der Waals surface area contributed by atoms with Gasteiger partial charge in [-0.05, 0) is 41.8 Å². The van der Waals surface area contributed by atoms with E-state index in [1.807, 2.05) is 68.4 Å². The summed E-state index contributed by atoms with van der Waals surface area (Å²) in [5.41, 5.74) is 4.04. The van der Waals surface area contributed by atoms with Gasteiger partial charge < -0.3 is 4.42 Å². The van der Waals surface area contributed by atoms with Gasteiger partial charge in [0, 0.05) is 5.56 Å². The number of carbonyl (C=O) groups excluding carboxylic acids is 1. The first-order valence-corrected chi connectivity index (χ1v) is 8.78. The molecular weight excluding hydrogens is 338 g/mol. The highest BCUT2D eigenvalue weighted by Gasteiger charge is 2.14. The van der Waals surface area contributed by atoms with Crippen molar-refractivity contribution < 1.29 is 9.21 Å². The first kappa shape index (κ1) is 17.0. The lowest BCUT2D eigenvalue weighted by atomic mass is 10.0. The SMILES string of the molecule is Cc1ccc(-c2nnc(NC(=O)Cc3cccc4ccccc34)o2)c(C)c1. The fourth-order valence-corrected chi connectivity index (χ4v) is 3.22. The van der Waals surface area contributed by atoms with Crippen molar-refractivity contribution in [2.75, 3.05) is 5.32 Å². The molecule has 134 valence electrons. The second-order valence-corrected chi connectivity index (χ2v) is 6.59. The maximum atomic E-state index is 12.4. The Kier molecular flexibility index (Phi) is 4.42. The molecule has 0 saturated heterocycles. The Morgan fingerprint density at radius 3 is 2.67 bits per heavy atom. The molecule has 0 atom stereocenters. The normalized spacial score (nSPS) is 10.9. The molecule has 1 heterocycles. The molecule has 27 heavy (non-hydrogen) atoms. The first-order chi connectivity index (χ1) is 13.1. The van der Waals surface area contributed by atoms with Crippen LogP contribution in [-0.4, -0.2) is 16.1 Å². The number of nitrogens with zero attached hydrogens (tertiary/aromatic N) is 2. The highest BCUT2D eigenvalue weighted by molar-refractivity contribution is 5.95. The third kappa shape index (κ3) is 3.58. The third-order valence-electron chi connectivity index (χ3n) is 4.51. The summed E-state index contributed by atoms with van der Waals surface area (Å²) in [6.45, 7) is 4.02. The molecular formula is C22H19N3O2. The van der Waals surface area contributed by atoms with Crippen LogP contribution in [0.5, 0.6) is 0 Å². The minimum atomic E-state index is -0.192. The van der Waals surface area contributed by atoms with Gasteiger partial charge in [-0.25, -0.2) is 0 Å². The Morgan fingerprint density at radius 2 is 1.81 bits per heavy atom. The minimum Gasteiger partial charge on any atom is -0.403 e. The van der Waals surface area contributed by atoms with Crippen molar-refractivity contribution >= 4 is 22.7 Å². The lowest BCUT2D eigenvalue weighted by molar-refractivity contribution is -0.115. The topological polar surface area (TPSA) is 68.0 Å². The molecule has 1 aromatic heterocycles. The van der Waals surface area contributed by atoms with Crippen molar-refractivity contribution in [1.29, 1.82) is 0 Å². The Balaban J connectivity index is 1.51. The van der Waals surface area contributed by atoms with E-state index in [0.29, 0.717) is 5.89 Å². The molecule has 0 aliphatic rings. The van der Waals surface area contributed by atoms with E-state index in [2.05, 4.69) is 21.6 Å². The Morgan fingerprint density at radius 1 is 1.00 bits per heavy atom. The van der Waals surface area contributed by atoms with Crippen LogP contribution in [0.2, 0.25) is 0 Å². The number of hydrogen-bond acceptors (Lipinski definition) is 4. The van der Waals surface area contributed by atoms with Gasteiger partial charge in [-0.15, -0.1) is 5.10 Å². The van der Waals surface area contributed by atoms with Gasteiger partial charge in [0.05, 0.1) is 6.42 Å². The quantitative estimate of drug-likeness (QED) is 0.575. The summed E-state index contributed by atoms with van der Waals surface area (Å²) < 4.78 is 5.63. The van der Waals surface area contributed by atoms with Crippen molar-refractivity contribution in [3.63, 3.8) is 0 Å². The number of hydrogen-bond donors (Lipinski definition) is 1. The first-order valence-electron chi connectivity index (χ1n) is 8.78. The van der Waals surface area contributed by atoms with E-state index in [-0.39, 0.29) is 18.3 Å². The second-order valence-electron chi connectivity index (χ2n) is 6.59. The highest BCUT2D eigenvalue weighted by Crippen LogP contribution is 2.24. The fraction of sp³-hybridized carbons (Fsp3) is 0.136. The van der Waals surface area contributed by atoms with E-state index in [1.165, 1.54) is 5.56 Å². The van der Waals surface area contributed by atoms with Crippen LogP contribution in [0.15, 0.2) is 65.1 Å². The van der Waals surface area contributed by atoms with Gasteiger partial charge >= 0.3 is 6.01 Å². The minimum absolute atomic E-state index is 0.107. The predicted molar refractivity (Wildman–Crippen MR) is 105 cm³/mol. The number of amides is 1. The highest BCUT2D eigenvalue weighted by atomic mass is 16.4. The molecule has 0 bridgehead atoms. The maximum Gasteiger partial charge on any atom is 0.322 e. The maximum absolute atomic E-state index is 12.4. The van der Waals surface area contributed by atoms with Crippen LogP contribution in [-0.2, 0) is 11.2 Å². The van der Waals surface area contributed by atoms with Crippen LogP contribution in [0.1, 0.15) is 16.7 Å². The van der Waals surface area contributed by atoms with E-state index in [1.54, 1.807) is 0 Å². The predicted octanol–water partition coefficient (Wildman–Crippen LogP) is 4.69. The number of fused-ring (bicyclic) bond motifs is 1. The van der Waals surface area contributed by atoms with Crippen molar-refractivity contribution in [1.82, 2.24) is 10.2 Å². The number of benzene rings is 3. The molecule has 0 aliphatic carbocycles. The molecule has 5 heteroatoms. The van der Waals surface area contributed by atoms with Crippen LogP contribution >= 0.6 is 0 Å². The van der Waals surface area contributed by atoms with Crippen molar-refractivity contribution in [2.24, 2.45) is 0 Å². The molecule has 0 saturated carbocycles. The van der Waals surface area contributed by atoms with E-state index in [9.17, 15) is 4.79 Å². The zero-order chi connectivity index (χ0) is 18.8. The number of nitrogens with one attached hydrogen (secondary N) is 1.